The van der Waals surface area contributed by atoms with E-state index in [0.29, 0.717) is 11.9 Å². The molecule has 2 heterocycles. The molecule has 0 spiro atoms. The second-order valence-corrected chi connectivity index (χ2v) is 4.04. The van der Waals surface area contributed by atoms with E-state index in [1.807, 2.05) is 0 Å². The Morgan fingerprint density at radius 3 is 2.89 bits per heavy atom. The molecule has 0 aliphatic carbocycles. The van der Waals surface area contributed by atoms with Gasteiger partial charge in [0, 0.05) is 26.5 Å². The molecule has 100 valence electrons. The molecule has 8 nitrogen and oxygen atoms in total. The molecule has 0 radical (unpaired) electrons. The van der Waals surface area contributed by atoms with Gasteiger partial charge in [0.15, 0.2) is 0 Å². The molecule has 0 atom stereocenters. The normalized spacial score (nSPS) is 10.3. The highest BCUT2D eigenvalue weighted by atomic mass is 35.5. The molecule has 19 heavy (non-hydrogen) atoms. The molecule has 0 aliphatic heterocycles. The first-order valence-corrected chi connectivity index (χ1v) is 5.79. The van der Waals surface area contributed by atoms with Gasteiger partial charge in [-0.25, -0.2) is 4.98 Å². The fourth-order valence-electron chi connectivity index (χ4n) is 1.36. The van der Waals surface area contributed by atoms with E-state index < -0.39 is 0 Å². The number of imidazole rings is 1. The summed E-state index contributed by atoms with van der Waals surface area (Å²) in [5.74, 6) is 0.506. The monoisotopic (exact) mass is 281 g/mol. The number of halogens is 1. The molecule has 9 heteroatoms. The van der Waals surface area contributed by atoms with Crippen LogP contribution in [0.15, 0.2) is 18.7 Å². The van der Waals surface area contributed by atoms with Crippen LogP contribution in [0, 0.1) is 0 Å². The molecule has 2 aromatic heterocycles. The van der Waals surface area contributed by atoms with Gasteiger partial charge in [0.05, 0.1) is 6.54 Å². The van der Waals surface area contributed by atoms with Crippen LogP contribution >= 0.6 is 11.6 Å². The van der Waals surface area contributed by atoms with Gasteiger partial charge < -0.3 is 10.2 Å². The zero-order valence-electron chi connectivity index (χ0n) is 10.4. The molecule has 0 saturated carbocycles. The Balaban J connectivity index is 2.29. The third kappa shape index (κ3) is 3.16. The van der Waals surface area contributed by atoms with Crippen molar-refractivity contribution in [3.8, 4) is 5.95 Å². The quantitative estimate of drug-likeness (QED) is 0.841. The maximum absolute atomic E-state index is 11.3. The number of carbonyl (C=O) groups excluding carboxylic acids is 1. The van der Waals surface area contributed by atoms with E-state index >= 15 is 0 Å². The van der Waals surface area contributed by atoms with E-state index in [-0.39, 0.29) is 17.7 Å². The Morgan fingerprint density at radius 1 is 1.47 bits per heavy atom. The average molecular weight is 282 g/mol. The highest BCUT2D eigenvalue weighted by Gasteiger charge is 2.12. The van der Waals surface area contributed by atoms with E-state index in [1.54, 1.807) is 42.3 Å². The minimum atomic E-state index is -0.150. The average Bonchev–Trinajstić information content (AvgIpc) is 2.91. The maximum atomic E-state index is 11.3. The molecular weight excluding hydrogens is 270 g/mol. The van der Waals surface area contributed by atoms with Gasteiger partial charge in [-0.05, 0) is 11.6 Å². The summed E-state index contributed by atoms with van der Waals surface area (Å²) in [4.78, 5) is 29.0. The van der Waals surface area contributed by atoms with Gasteiger partial charge >= 0.3 is 0 Å². The highest BCUT2D eigenvalue weighted by molar-refractivity contribution is 6.28. The van der Waals surface area contributed by atoms with Crippen molar-refractivity contribution in [1.29, 1.82) is 0 Å². The first kappa shape index (κ1) is 13.2. The van der Waals surface area contributed by atoms with E-state index in [9.17, 15) is 4.79 Å². The molecule has 2 aromatic rings. The topological polar surface area (TPSA) is 88.8 Å². The van der Waals surface area contributed by atoms with Gasteiger partial charge in [0.25, 0.3) is 0 Å². The number of likely N-dealkylation sites (N-methyl/N-ethyl adjacent to an activating group) is 2. The lowest BCUT2D eigenvalue weighted by Crippen LogP contribution is -2.34. The number of carbonyl (C=O) groups is 1. The highest BCUT2D eigenvalue weighted by Crippen LogP contribution is 2.12. The van der Waals surface area contributed by atoms with E-state index in [0.717, 1.165) is 0 Å². The smallest absolute Gasteiger partial charge is 0.241 e. The van der Waals surface area contributed by atoms with Gasteiger partial charge in [0.1, 0.15) is 6.33 Å². The van der Waals surface area contributed by atoms with Gasteiger partial charge in [-0.15, -0.1) is 0 Å². The largest absolute Gasteiger partial charge is 0.358 e. The number of nitrogens with one attached hydrogen (secondary N) is 1. The minimum Gasteiger partial charge on any atom is -0.358 e. The number of anilines is 1. The van der Waals surface area contributed by atoms with Crippen LogP contribution in [-0.2, 0) is 4.79 Å². The van der Waals surface area contributed by atoms with Crippen molar-refractivity contribution in [1.82, 2.24) is 29.8 Å². The van der Waals surface area contributed by atoms with Crippen molar-refractivity contribution in [2.75, 3.05) is 25.5 Å². The Bertz CT molecular complexity index is 571. The summed E-state index contributed by atoms with van der Waals surface area (Å²) in [7, 11) is 3.26. The first-order chi connectivity index (χ1) is 9.10. The number of rotatable bonds is 4. The van der Waals surface area contributed by atoms with Gasteiger partial charge in [-0.1, -0.05) is 0 Å². The van der Waals surface area contributed by atoms with Crippen LogP contribution < -0.4 is 10.2 Å². The molecule has 0 fully saturated rings. The van der Waals surface area contributed by atoms with Crippen molar-refractivity contribution in [3.05, 3.63) is 24.0 Å². The predicted molar refractivity (Wildman–Crippen MR) is 69.3 cm³/mol. The predicted octanol–water partition coefficient (Wildman–Crippen LogP) is -0.107. The van der Waals surface area contributed by atoms with Crippen molar-refractivity contribution >= 4 is 23.5 Å². The second-order valence-electron chi connectivity index (χ2n) is 3.70. The summed E-state index contributed by atoms with van der Waals surface area (Å²) in [6, 6.07) is 0. The van der Waals surface area contributed by atoms with E-state index in [4.69, 9.17) is 11.6 Å². The Hall–Kier alpha value is -2.22. The Labute approximate surface area is 114 Å². The van der Waals surface area contributed by atoms with E-state index in [1.165, 1.54) is 0 Å². The standard InChI is InChI=1S/C10H12ClN7O/c1-12-7(19)5-17(2)9-14-8(11)15-10(16-9)18-4-3-13-6-18/h3-4,6H,5H2,1-2H3,(H,12,19). The molecular formula is C10H12ClN7O. The van der Waals surface area contributed by atoms with E-state index in [2.05, 4.69) is 25.3 Å². The number of hydrogen-bond donors (Lipinski definition) is 1. The van der Waals surface area contributed by atoms with Crippen molar-refractivity contribution in [3.63, 3.8) is 0 Å². The van der Waals surface area contributed by atoms with Gasteiger partial charge in [0.2, 0.25) is 23.1 Å². The van der Waals surface area contributed by atoms with Crippen LogP contribution in [0.2, 0.25) is 5.28 Å². The number of amides is 1. The number of aromatic nitrogens is 5. The van der Waals surface area contributed by atoms with Crippen molar-refractivity contribution < 1.29 is 4.79 Å². The van der Waals surface area contributed by atoms with Gasteiger partial charge in [-0.3, -0.25) is 9.36 Å². The van der Waals surface area contributed by atoms with Crippen LogP contribution in [0.25, 0.3) is 5.95 Å². The van der Waals surface area contributed by atoms with Gasteiger partial charge in [-0.2, -0.15) is 15.0 Å². The first-order valence-electron chi connectivity index (χ1n) is 5.42. The fourth-order valence-corrected chi connectivity index (χ4v) is 1.51. The Morgan fingerprint density at radius 2 is 2.26 bits per heavy atom. The van der Waals surface area contributed by atoms with Crippen LogP contribution in [0.1, 0.15) is 0 Å². The van der Waals surface area contributed by atoms with Crippen LogP contribution in [0.5, 0.6) is 0 Å². The SMILES string of the molecule is CNC(=O)CN(C)c1nc(Cl)nc(-n2ccnc2)n1. The summed E-state index contributed by atoms with van der Waals surface area (Å²) in [5.41, 5.74) is 0. The number of hydrogen-bond acceptors (Lipinski definition) is 6. The third-order valence-electron chi connectivity index (χ3n) is 2.32. The lowest BCUT2D eigenvalue weighted by Gasteiger charge is -2.16. The number of nitrogens with zero attached hydrogens (tertiary/aromatic N) is 6. The fraction of sp³-hybridized carbons (Fsp3) is 0.300. The lowest BCUT2D eigenvalue weighted by atomic mass is 10.5. The molecule has 0 bridgehead atoms. The molecule has 2 rings (SSSR count). The minimum absolute atomic E-state index is 0.0532. The van der Waals surface area contributed by atoms with Crippen molar-refractivity contribution in [2.24, 2.45) is 0 Å². The molecule has 0 unspecified atom stereocenters. The lowest BCUT2D eigenvalue weighted by molar-refractivity contribution is -0.119. The summed E-state index contributed by atoms with van der Waals surface area (Å²) in [6.07, 6.45) is 4.84. The van der Waals surface area contributed by atoms with Crippen LogP contribution in [0.4, 0.5) is 5.95 Å². The second kappa shape index (κ2) is 5.61. The summed E-state index contributed by atoms with van der Waals surface area (Å²) >= 11 is 5.86. The molecule has 1 amide bonds. The maximum Gasteiger partial charge on any atom is 0.241 e. The zero-order valence-corrected chi connectivity index (χ0v) is 11.2. The van der Waals surface area contributed by atoms with Crippen molar-refractivity contribution in [2.45, 2.75) is 0 Å². The Kier molecular flexibility index (Phi) is 3.91. The zero-order chi connectivity index (χ0) is 13.8. The molecule has 0 aromatic carbocycles. The summed E-state index contributed by atoms with van der Waals surface area (Å²) < 4.78 is 1.60. The summed E-state index contributed by atoms with van der Waals surface area (Å²) in [5, 5.41) is 2.58. The van der Waals surface area contributed by atoms with Crippen LogP contribution in [-0.4, -0.2) is 51.1 Å². The molecule has 1 N–H and O–H groups in total. The molecule has 0 aliphatic rings. The van der Waals surface area contributed by atoms with Crippen LogP contribution in [0.3, 0.4) is 0 Å². The summed E-state index contributed by atoms with van der Waals surface area (Å²) in [6.45, 7) is 0.125. The molecule has 0 saturated heterocycles. The third-order valence-corrected chi connectivity index (χ3v) is 2.49.